The average molecular weight is 258 g/mol. The number of benzene rings is 1. The molecule has 0 aliphatic heterocycles. The van der Waals surface area contributed by atoms with E-state index < -0.39 is 17.7 Å². The maximum atomic E-state index is 13.4. The number of aryl methyl sites for hydroxylation is 2. The van der Waals surface area contributed by atoms with Gasteiger partial charge in [0.05, 0.1) is 0 Å². The van der Waals surface area contributed by atoms with Gasteiger partial charge in [0.15, 0.2) is 5.69 Å². The van der Waals surface area contributed by atoms with E-state index in [1.807, 2.05) is 0 Å². The van der Waals surface area contributed by atoms with Gasteiger partial charge in [-0.3, -0.25) is 4.68 Å². The van der Waals surface area contributed by atoms with Gasteiger partial charge in [-0.05, 0) is 24.1 Å². The Balaban J connectivity index is 2.60. The molecule has 18 heavy (non-hydrogen) atoms. The Morgan fingerprint density at radius 2 is 1.89 bits per heavy atom. The molecule has 0 spiro atoms. The second-order valence-corrected chi connectivity index (χ2v) is 4.03. The number of rotatable bonds is 1. The van der Waals surface area contributed by atoms with Crippen molar-refractivity contribution in [1.82, 2.24) is 9.78 Å². The molecule has 0 saturated carbocycles. The molecular formula is C12H10F4N2. The van der Waals surface area contributed by atoms with E-state index in [4.69, 9.17) is 0 Å². The standard InChI is InChI=1S/C12H10F4N2/c1-7-3-4-8(5-10(7)13)9-6-18(2)17-11(9)12(14,15)16/h3-6H,1-2H3. The lowest BCUT2D eigenvalue weighted by Crippen LogP contribution is -2.08. The summed E-state index contributed by atoms with van der Waals surface area (Å²) in [4.78, 5) is 0. The van der Waals surface area contributed by atoms with Gasteiger partial charge in [-0.15, -0.1) is 0 Å². The number of halogens is 4. The van der Waals surface area contributed by atoms with Crippen LogP contribution in [0.2, 0.25) is 0 Å². The van der Waals surface area contributed by atoms with E-state index in [2.05, 4.69) is 5.10 Å². The van der Waals surface area contributed by atoms with Gasteiger partial charge >= 0.3 is 6.18 Å². The van der Waals surface area contributed by atoms with E-state index in [9.17, 15) is 17.6 Å². The SMILES string of the molecule is Cc1ccc(-c2cn(C)nc2C(F)(F)F)cc1F. The van der Waals surface area contributed by atoms with Crippen molar-refractivity contribution in [3.05, 3.63) is 41.5 Å². The summed E-state index contributed by atoms with van der Waals surface area (Å²) < 4.78 is 52.7. The van der Waals surface area contributed by atoms with Crippen molar-refractivity contribution in [2.45, 2.75) is 13.1 Å². The third-order valence-corrected chi connectivity index (χ3v) is 2.58. The van der Waals surface area contributed by atoms with Crippen LogP contribution in [0.15, 0.2) is 24.4 Å². The Labute approximate surface area is 101 Å². The molecular weight excluding hydrogens is 248 g/mol. The van der Waals surface area contributed by atoms with Gasteiger partial charge in [-0.1, -0.05) is 12.1 Å². The molecule has 6 heteroatoms. The van der Waals surface area contributed by atoms with Crippen LogP contribution in [0.1, 0.15) is 11.3 Å². The molecule has 96 valence electrons. The first-order chi connectivity index (χ1) is 8.29. The molecule has 0 amide bonds. The van der Waals surface area contributed by atoms with Gasteiger partial charge in [0.1, 0.15) is 5.82 Å². The van der Waals surface area contributed by atoms with Gasteiger partial charge in [0.2, 0.25) is 0 Å². The van der Waals surface area contributed by atoms with Crippen LogP contribution in [-0.4, -0.2) is 9.78 Å². The summed E-state index contributed by atoms with van der Waals surface area (Å²) in [5.41, 5.74) is -0.577. The van der Waals surface area contributed by atoms with Crippen LogP contribution in [0, 0.1) is 12.7 Å². The molecule has 1 aromatic carbocycles. The number of nitrogens with zero attached hydrogens (tertiary/aromatic N) is 2. The van der Waals surface area contributed by atoms with Crippen molar-refractivity contribution < 1.29 is 17.6 Å². The highest BCUT2D eigenvalue weighted by atomic mass is 19.4. The molecule has 2 rings (SSSR count). The molecule has 0 unspecified atom stereocenters. The number of aromatic nitrogens is 2. The third-order valence-electron chi connectivity index (χ3n) is 2.58. The zero-order valence-corrected chi connectivity index (χ0v) is 9.72. The number of hydrogen-bond acceptors (Lipinski definition) is 1. The smallest absolute Gasteiger partial charge is 0.275 e. The zero-order valence-electron chi connectivity index (χ0n) is 9.72. The monoisotopic (exact) mass is 258 g/mol. The van der Waals surface area contributed by atoms with E-state index in [0.29, 0.717) is 5.56 Å². The van der Waals surface area contributed by atoms with Crippen LogP contribution >= 0.6 is 0 Å². The summed E-state index contributed by atoms with van der Waals surface area (Å²) in [6.45, 7) is 1.55. The van der Waals surface area contributed by atoms with Gasteiger partial charge in [-0.2, -0.15) is 18.3 Å². The third kappa shape index (κ3) is 2.23. The number of hydrogen-bond donors (Lipinski definition) is 0. The molecule has 1 aromatic heterocycles. The van der Waals surface area contributed by atoms with Gasteiger partial charge < -0.3 is 0 Å². The minimum atomic E-state index is -4.56. The van der Waals surface area contributed by atoms with Crippen molar-refractivity contribution in [3.8, 4) is 11.1 Å². The maximum absolute atomic E-state index is 13.4. The van der Waals surface area contributed by atoms with Crippen LogP contribution in [0.25, 0.3) is 11.1 Å². The van der Waals surface area contributed by atoms with Crippen LogP contribution < -0.4 is 0 Å². The topological polar surface area (TPSA) is 17.8 Å². The first kappa shape index (κ1) is 12.6. The van der Waals surface area contributed by atoms with E-state index >= 15 is 0 Å². The second-order valence-electron chi connectivity index (χ2n) is 4.03. The fourth-order valence-electron chi connectivity index (χ4n) is 1.67. The van der Waals surface area contributed by atoms with E-state index in [1.165, 1.54) is 25.4 Å². The van der Waals surface area contributed by atoms with Crippen LogP contribution in [0.3, 0.4) is 0 Å². The lowest BCUT2D eigenvalue weighted by molar-refractivity contribution is -0.140. The van der Waals surface area contributed by atoms with E-state index in [-0.39, 0.29) is 11.1 Å². The van der Waals surface area contributed by atoms with Gasteiger partial charge in [0, 0.05) is 18.8 Å². The molecule has 0 N–H and O–H groups in total. The summed E-state index contributed by atoms with van der Waals surface area (Å²) in [6, 6.07) is 3.98. The van der Waals surface area contributed by atoms with Crippen molar-refractivity contribution >= 4 is 0 Å². The van der Waals surface area contributed by atoms with Crippen molar-refractivity contribution in [1.29, 1.82) is 0 Å². The van der Waals surface area contributed by atoms with Crippen molar-refractivity contribution in [3.63, 3.8) is 0 Å². The quantitative estimate of drug-likeness (QED) is 0.715. The molecule has 0 bridgehead atoms. The van der Waals surface area contributed by atoms with Gasteiger partial charge in [0.25, 0.3) is 0 Å². The molecule has 0 atom stereocenters. The molecule has 2 nitrogen and oxygen atoms in total. The highest BCUT2D eigenvalue weighted by molar-refractivity contribution is 5.66. The Bertz CT molecular complexity index is 584. The van der Waals surface area contributed by atoms with Crippen LogP contribution in [0.5, 0.6) is 0 Å². The minimum Gasteiger partial charge on any atom is -0.275 e. The second kappa shape index (κ2) is 4.12. The minimum absolute atomic E-state index is 0.121. The largest absolute Gasteiger partial charge is 0.435 e. The lowest BCUT2D eigenvalue weighted by Gasteiger charge is -2.06. The number of alkyl halides is 3. The van der Waals surface area contributed by atoms with E-state index in [0.717, 1.165) is 10.7 Å². The van der Waals surface area contributed by atoms with Crippen molar-refractivity contribution in [2.24, 2.45) is 7.05 Å². The molecule has 0 fully saturated rings. The molecule has 1 heterocycles. The summed E-state index contributed by atoms with van der Waals surface area (Å²) in [6.07, 6.45) is -3.33. The van der Waals surface area contributed by atoms with Crippen LogP contribution in [-0.2, 0) is 13.2 Å². The molecule has 0 aliphatic rings. The predicted octanol–water partition coefficient (Wildman–Crippen LogP) is 3.55. The summed E-state index contributed by atoms with van der Waals surface area (Å²) >= 11 is 0. The van der Waals surface area contributed by atoms with E-state index in [1.54, 1.807) is 6.92 Å². The first-order valence-electron chi connectivity index (χ1n) is 5.16. The summed E-state index contributed by atoms with van der Waals surface area (Å²) in [7, 11) is 1.39. The van der Waals surface area contributed by atoms with Crippen molar-refractivity contribution in [2.75, 3.05) is 0 Å². The van der Waals surface area contributed by atoms with Gasteiger partial charge in [-0.25, -0.2) is 4.39 Å². The Morgan fingerprint density at radius 3 is 2.44 bits per heavy atom. The Hall–Kier alpha value is -1.85. The molecule has 0 radical (unpaired) electrons. The Kier molecular flexibility index (Phi) is 2.88. The molecule has 2 aromatic rings. The summed E-state index contributed by atoms with van der Waals surface area (Å²) in [5.74, 6) is -0.538. The maximum Gasteiger partial charge on any atom is 0.435 e. The van der Waals surface area contributed by atoms with Crippen LogP contribution in [0.4, 0.5) is 17.6 Å². The predicted molar refractivity (Wildman–Crippen MR) is 58.3 cm³/mol. The first-order valence-corrected chi connectivity index (χ1v) is 5.16. The normalized spacial score (nSPS) is 11.9. The Morgan fingerprint density at radius 1 is 1.22 bits per heavy atom. The average Bonchev–Trinajstić information content (AvgIpc) is 2.64. The lowest BCUT2D eigenvalue weighted by atomic mass is 10.0. The molecule has 0 saturated heterocycles. The zero-order chi connectivity index (χ0) is 13.5. The fourth-order valence-corrected chi connectivity index (χ4v) is 1.67. The highest BCUT2D eigenvalue weighted by Crippen LogP contribution is 2.36. The molecule has 0 aliphatic carbocycles. The fraction of sp³-hybridized carbons (Fsp3) is 0.250. The highest BCUT2D eigenvalue weighted by Gasteiger charge is 2.37. The summed E-state index contributed by atoms with van der Waals surface area (Å²) in [5, 5.41) is 3.38.